The van der Waals surface area contributed by atoms with Crippen molar-refractivity contribution in [1.29, 1.82) is 0 Å². The molecule has 1 heterocycles. The smallest absolute Gasteiger partial charge is 0.313 e. The number of carbonyl (C=O) groups is 2. The molecule has 6 nitrogen and oxygen atoms in total. The third kappa shape index (κ3) is 3.25. The number of aryl methyl sites for hydroxylation is 2. The van der Waals surface area contributed by atoms with Crippen molar-refractivity contribution in [2.24, 2.45) is 5.41 Å². The van der Waals surface area contributed by atoms with Crippen molar-refractivity contribution in [3.05, 3.63) is 17.0 Å². The molecule has 1 aromatic heterocycles. The first-order valence-corrected chi connectivity index (χ1v) is 7.26. The standard InChI is InChI=1S/C15H23N3O3/c1-9(13-10(2)17-18-11(13)3)7-12(19)16-8-15(5-6-15)14(20)21-4/h9H,5-8H2,1-4H3,(H,16,19)(H,17,18)/t9-/m1/s1. The van der Waals surface area contributed by atoms with Crippen molar-refractivity contribution in [2.45, 2.75) is 46.0 Å². The van der Waals surface area contributed by atoms with Gasteiger partial charge in [0.05, 0.1) is 18.2 Å². The molecule has 6 heteroatoms. The summed E-state index contributed by atoms with van der Waals surface area (Å²) in [6.07, 6.45) is 1.96. The van der Waals surface area contributed by atoms with E-state index in [4.69, 9.17) is 4.74 Å². The highest BCUT2D eigenvalue weighted by Crippen LogP contribution is 2.46. The third-order valence-corrected chi connectivity index (χ3v) is 4.27. The number of methoxy groups -OCH3 is 1. The minimum atomic E-state index is -0.477. The van der Waals surface area contributed by atoms with Crippen LogP contribution >= 0.6 is 0 Å². The molecule has 1 aliphatic rings. The lowest BCUT2D eigenvalue weighted by Gasteiger charge is -2.16. The van der Waals surface area contributed by atoms with Crippen LogP contribution in [0.4, 0.5) is 0 Å². The van der Waals surface area contributed by atoms with Crippen LogP contribution in [-0.2, 0) is 14.3 Å². The molecule has 0 saturated heterocycles. The van der Waals surface area contributed by atoms with Crippen molar-refractivity contribution >= 4 is 11.9 Å². The van der Waals surface area contributed by atoms with Crippen molar-refractivity contribution in [3.63, 3.8) is 0 Å². The first kappa shape index (κ1) is 15.5. The first-order valence-electron chi connectivity index (χ1n) is 7.26. The summed E-state index contributed by atoms with van der Waals surface area (Å²) >= 11 is 0. The minimum Gasteiger partial charge on any atom is -0.469 e. The van der Waals surface area contributed by atoms with E-state index < -0.39 is 5.41 Å². The SMILES string of the molecule is COC(=O)C1(CNC(=O)C[C@@H](C)c2c(C)n[nH]c2C)CC1. The highest BCUT2D eigenvalue weighted by molar-refractivity contribution is 5.82. The molecule has 0 unspecified atom stereocenters. The molecule has 116 valence electrons. The van der Waals surface area contributed by atoms with Crippen LogP contribution in [0.1, 0.15) is 49.1 Å². The second kappa shape index (κ2) is 5.87. The summed E-state index contributed by atoms with van der Waals surface area (Å²) in [5.41, 5.74) is 2.55. The second-order valence-electron chi connectivity index (χ2n) is 6.00. The zero-order chi connectivity index (χ0) is 15.6. The fourth-order valence-corrected chi connectivity index (χ4v) is 2.83. The van der Waals surface area contributed by atoms with Gasteiger partial charge in [-0.3, -0.25) is 14.7 Å². The molecule has 1 atom stereocenters. The number of nitrogens with zero attached hydrogens (tertiary/aromatic N) is 1. The van der Waals surface area contributed by atoms with Crippen molar-refractivity contribution in [2.75, 3.05) is 13.7 Å². The summed E-state index contributed by atoms with van der Waals surface area (Å²) in [4.78, 5) is 23.7. The maximum absolute atomic E-state index is 12.1. The molecule has 0 spiro atoms. The van der Waals surface area contributed by atoms with Gasteiger partial charge in [-0.1, -0.05) is 6.92 Å². The zero-order valence-corrected chi connectivity index (χ0v) is 13.1. The van der Waals surface area contributed by atoms with Gasteiger partial charge in [0, 0.05) is 18.7 Å². The zero-order valence-electron chi connectivity index (χ0n) is 13.1. The molecule has 0 aromatic carbocycles. The largest absolute Gasteiger partial charge is 0.469 e. The molecule has 2 N–H and O–H groups in total. The van der Waals surface area contributed by atoms with Gasteiger partial charge in [0.1, 0.15) is 0 Å². The van der Waals surface area contributed by atoms with Crippen LogP contribution in [0.3, 0.4) is 0 Å². The highest BCUT2D eigenvalue weighted by Gasteiger charge is 2.51. The predicted molar refractivity (Wildman–Crippen MR) is 77.8 cm³/mol. The van der Waals surface area contributed by atoms with E-state index in [9.17, 15) is 9.59 Å². The van der Waals surface area contributed by atoms with Gasteiger partial charge in [-0.15, -0.1) is 0 Å². The van der Waals surface area contributed by atoms with Gasteiger partial charge in [-0.25, -0.2) is 0 Å². The lowest BCUT2D eigenvalue weighted by Crippen LogP contribution is -2.35. The van der Waals surface area contributed by atoms with E-state index in [1.165, 1.54) is 7.11 Å². The Bertz CT molecular complexity index is 527. The predicted octanol–water partition coefficient (Wildman–Crippen LogP) is 1.59. The average molecular weight is 293 g/mol. The van der Waals surface area contributed by atoms with Gasteiger partial charge in [-0.2, -0.15) is 5.10 Å². The molecular weight excluding hydrogens is 270 g/mol. The van der Waals surface area contributed by atoms with Crippen molar-refractivity contribution in [1.82, 2.24) is 15.5 Å². The Morgan fingerprint density at radius 2 is 2.10 bits per heavy atom. The number of esters is 1. The minimum absolute atomic E-state index is 0.0438. The number of H-pyrrole nitrogens is 1. The Labute approximate surface area is 124 Å². The molecule has 2 rings (SSSR count). The van der Waals surface area contributed by atoms with Crippen LogP contribution in [0.15, 0.2) is 0 Å². The molecule has 1 saturated carbocycles. The van der Waals surface area contributed by atoms with Crippen LogP contribution in [-0.4, -0.2) is 35.7 Å². The summed E-state index contributed by atoms with van der Waals surface area (Å²) in [6.45, 7) is 6.27. The Balaban J connectivity index is 1.87. The number of ether oxygens (including phenoxy) is 1. The van der Waals surface area contributed by atoms with E-state index in [1.807, 2.05) is 20.8 Å². The topological polar surface area (TPSA) is 84.1 Å². The molecule has 1 aliphatic carbocycles. The Kier molecular flexibility index (Phi) is 4.34. The monoisotopic (exact) mass is 293 g/mol. The maximum Gasteiger partial charge on any atom is 0.313 e. The van der Waals surface area contributed by atoms with Crippen molar-refractivity contribution < 1.29 is 14.3 Å². The lowest BCUT2D eigenvalue weighted by atomic mass is 9.95. The van der Waals surface area contributed by atoms with Gasteiger partial charge in [0.15, 0.2) is 0 Å². The lowest BCUT2D eigenvalue weighted by molar-refractivity contribution is -0.147. The molecular formula is C15H23N3O3. The van der Waals surface area contributed by atoms with E-state index in [1.54, 1.807) is 0 Å². The summed E-state index contributed by atoms with van der Waals surface area (Å²) in [7, 11) is 1.39. The molecule has 0 radical (unpaired) electrons. The van der Waals surface area contributed by atoms with Crippen LogP contribution in [0.25, 0.3) is 0 Å². The summed E-state index contributed by atoms with van der Waals surface area (Å²) < 4.78 is 4.78. The van der Waals surface area contributed by atoms with E-state index >= 15 is 0 Å². The summed E-state index contributed by atoms with van der Waals surface area (Å²) in [5.74, 6) is -0.174. The molecule has 0 bridgehead atoms. The number of aromatic nitrogens is 2. The van der Waals surface area contributed by atoms with E-state index in [2.05, 4.69) is 15.5 Å². The van der Waals surface area contributed by atoms with E-state index in [0.717, 1.165) is 29.8 Å². The molecule has 1 fully saturated rings. The van der Waals surface area contributed by atoms with Crippen LogP contribution < -0.4 is 5.32 Å². The number of amides is 1. The van der Waals surface area contributed by atoms with Gasteiger partial charge in [0.2, 0.25) is 5.91 Å². The Morgan fingerprint density at radius 1 is 1.43 bits per heavy atom. The Morgan fingerprint density at radius 3 is 2.57 bits per heavy atom. The van der Waals surface area contributed by atoms with Gasteiger partial charge in [0.25, 0.3) is 0 Å². The average Bonchev–Trinajstić information content (AvgIpc) is 3.16. The van der Waals surface area contributed by atoms with Crippen LogP contribution in [0, 0.1) is 19.3 Å². The normalized spacial score (nSPS) is 17.1. The quantitative estimate of drug-likeness (QED) is 0.780. The fraction of sp³-hybridized carbons (Fsp3) is 0.667. The van der Waals surface area contributed by atoms with Crippen LogP contribution in [0.5, 0.6) is 0 Å². The summed E-state index contributed by atoms with van der Waals surface area (Å²) in [5, 5.41) is 9.96. The summed E-state index contributed by atoms with van der Waals surface area (Å²) in [6, 6.07) is 0. The fourth-order valence-electron chi connectivity index (χ4n) is 2.83. The number of hydrogen-bond acceptors (Lipinski definition) is 4. The molecule has 1 aromatic rings. The van der Waals surface area contributed by atoms with Gasteiger partial charge in [-0.05, 0) is 38.2 Å². The van der Waals surface area contributed by atoms with Gasteiger partial charge >= 0.3 is 5.97 Å². The number of carbonyl (C=O) groups excluding carboxylic acids is 2. The van der Waals surface area contributed by atoms with Crippen molar-refractivity contribution in [3.8, 4) is 0 Å². The number of hydrogen-bond donors (Lipinski definition) is 2. The first-order chi connectivity index (χ1) is 9.89. The van der Waals surface area contributed by atoms with E-state index in [0.29, 0.717) is 13.0 Å². The molecule has 21 heavy (non-hydrogen) atoms. The van der Waals surface area contributed by atoms with Crippen LogP contribution in [0.2, 0.25) is 0 Å². The highest BCUT2D eigenvalue weighted by atomic mass is 16.5. The molecule has 0 aliphatic heterocycles. The number of aromatic amines is 1. The maximum atomic E-state index is 12.1. The second-order valence-corrected chi connectivity index (χ2v) is 6.00. The van der Waals surface area contributed by atoms with E-state index in [-0.39, 0.29) is 17.8 Å². The number of rotatable bonds is 6. The third-order valence-electron chi connectivity index (χ3n) is 4.27. The molecule has 1 amide bonds. The Hall–Kier alpha value is -1.85. The number of nitrogens with one attached hydrogen (secondary N) is 2. The van der Waals surface area contributed by atoms with Gasteiger partial charge < -0.3 is 10.1 Å².